The van der Waals surface area contributed by atoms with Crippen molar-refractivity contribution in [3.63, 3.8) is 0 Å². The van der Waals surface area contributed by atoms with Crippen LogP contribution in [0.25, 0.3) is 0 Å². The van der Waals surface area contributed by atoms with Crippen molar-refractivity contribution < 1.29 is 14.7 Å². The zero-order chi connectivity index (χ0) is 11.3. The molecule has 1 aromatic carbocycles. The molecule has 0 fully saturated rings. The van der Waals surface area contributed by atoms with Crippen molar-refractivity contribution in [2.24, 2.45) is 0 Å². The second-order valence-corrected chi connectivity index (χ2v) is 3.28. The minimum Gasteiger partial charge on any atom is -0.481 e. The van der Waals surface area contributed by atoms with Crippen LogP contribution in [0, 0.1) is 0 Å². The first kappa shape index (κ1) is 11.2. The summed E-state index contributed by atoms with van der Waals surface area (Å²) in [4.78, 5) is 21.2. The third-order valence-corrected chi connectivity index (χ3v) is 1.87. The molecule has 0 bridgehead atoms. The van der Waals surface area contributed by atoms with Gasteiger partial charge in [-0.1, -0.05) is 12.1 Å². The SMILES string of the molecule is CC(=O)Nc1cccc(CCC(=O)O)c1. The molecule has 0 saturated carbocycles. The third kappa shape index (κ3) is 4.26. The van der Waals surface area contributed by atoms with Gasteiger partial charge in [0.05, 0.1) is 0 Å². The fraction of sp³-hybridized carbons (Fsp3) is 0.273. The van der Waals surface area contributed by atoms with Gasteiger partial charge >= 0.3 is 5.97 Å². The monoisotopic (exact) mass is 207 g/mol. The summed E-state index contributed by atoms with van der Waals surface area (Å²) in [6.07, 6.45) is 0.576. The molecule has 4 nitrogen and oxygen atoms in total. The van der Waals surface area contributed by atoms with Crippen LogP contribution in [0.1, 0.15) is 18.9 Å². The van der Waals surface area contributed by atoms with Gasteiger partial charge in [-0.25, -0.2) is 0 Å². The average Bonchev–Trinajstić information content (AvgIpc) is 2.14. The van der Waals surface area contributed by atoms with E-state index >= 15 is 0 Å². The number of benzene rings is 1. The van der Waals surface area contributed by atoms with Crippen molar-refractivity contribution in [3.05, 3.63) is 29.8 Å². The maximum absolute atomic E-state index is 10.8. The second kappa shape index (κ2) is 5.14. The minimum absolute atomic E-state index is 0.101. The summed E-state index contributed by atoms with van der Waals surface area (Å²) < 4.78 is 0. The van der Waals surface area contributed by atoms with Gasteiger partial charge in [0, 0.05) is 19.0 Å². The number of aliphatic carboxylic acids is 1. The highest BCUT2D eigenvalue weighted by atomic mass is 16.4. The Morgan fingerprint density at radius 1 is 1.40 bits per heavy atom. The maximum atomic E-state index is 10.8. The summed E-state index contributed by atoms with van der Waals surface area (Å²) in [6, 6.07) is 7.19. The molecular formula is C11H13NO3. The lowest BCUT2D eigenvalue weighted by Gasteiger charge is -2.04. The van der Waals surface area contributed by atoms with Crippen molar-refractivity contribution in [1.82, 2.24) is 0 Å². The fourth-order valence-corrected chi connectivity index (χ4v) is 1.26. The molecule has 1 amide bonds. The Hall–Kier alpha value is -1.84. The molecule has 0 unspecified atom stereocenters. The summed E-state index contributed by atoms with van der Waals surface area (Å²) in [5.74, 6) is -0.953. The standard InChI is InChI=1S/C11H13NO3/c1-8(13)12-10-4-2-3-9(7-10)5-6-11(14)15/h2-4,7H,5-6H2,1H3,(H,12,13)(H,14,15). The maximum Gasteiger partial charge on any atom is 0.303 e. The number of carboxylic acids is 1. The molecule has 0 spiro atoms. The quantitative estimate of drug-likeness (QED) is 0.789. The van der Waals surface area contributed by atoms with Crippen LogP contribution >= 0.6 is 0 Å². The number of aryl methyl sites for hydroxylation is 1. The van der Waals surface area contributed by atoms with Crippen molar-refractivity contribution in [3.8, 4) is 0 Å². The van der Waals surface area contributed by atoms with Crippen molar-refractivity contribution in [2.75, 3.05) is 5.32 Å². The first-order valence-electron chi connectivity index (χ1n) is 4.66. The highest BCUT2D eigenvalue weighted by Crippen LogP contribution is 2.12. The number of amides is 1. The molecule has 0 aliphatic heterocycles. The largest absolute Gasteiger partial charge is 0.481 e. The number of carbonyl (C=O) groups is 2. The number of anilines is 1. The molecule has 4 heteroatoms. The van der Waals surface area contributed by atoms with Gasteiger partial charge in [0.2, 0.25) is 5.91 Å². The van der Waals surface area contributed by atoms with Crippen molar-refractivity contribution in [1.29, 1.82) is 0 Å². The number of hydrogen-bond acceptors (Lipinski definition) is 2. The second-order valence-electron chi connectivity index (χ2n) is 3.28. The van der Waals surface area contributed by atoms with Crippen LogP contribution in [0.2, 0.25) is 0 Å². The van der Waals surface area contributed by atoms with Gasteiger partial charge in [0.15, 0.2) is 0 Å². The van der Waals surface area contributed by atoms with Crippen LogP contribution in [-0.2, 0) is 16.0 Å². The van der Waals surface area contributed by atoms with Gasteiger partial charge in [-0.2, -0.15) is 0 Å². The topological polar surface area (TPSA) is 66.4 Å². The van der Waals surface area contributed by atoms with E-state index in [-0.39, 0.29) is 12.3 Å². The van der Waals surface area contributed by atoms with E-state index in [2.05, 4.69) is 5.32 Å². The Balaban J connectivity index is 2.65. The summed E-state index contributed by atoms with van der Waals surface area (Å²) in [5, 5.41) is 11.2. The molecule has 0 saturated heterocycles. The zero-order valence-electron chi connectivity index (χ0n) is 8.49. The number of hydrogen-bond donors (Lipinski definition) is 2. The lowest BCUT2D eigenvalue weighted by atomic mass is 10.1. The van der Waals surface area contributed by atoms with Crippen molar-refractivity contribution >= 4 is 17.6 Å². The number of carbonyl (C=O) groups excluding carboxylic acids is 1. The van der Waals surface area contributed by atoms with Crippen LogP contribution in [0.5, 0.6) is 0 Å². The van der Waals surface area contributed by atoms with Crippen LogP contribution in [0.4, 0.5) is 5.69 Å². The third-order valence-electron chi connectivity index (χ3n) is 1.87. The van der Waals surface area contributed by atoms with E-state index in [1.54, 1.807) is 18.2 Å². The summed E-state index contributed by atoms with van der Waals surface area (Å²) in [6.45, 7) is 1.43. The van der Waals surface area contributed by atoms with E-state index in [9.17, 15) is 9.59 Å². The summed E-state index contributed by atoms with van der Waals surface area (Å²) in [5.41, 5.74) is 1.61. The predicted octanol–water partition coefficient (Wildman–Crippen LogP) is 1.66. The summed E-state index contributed by atoms with van der Waals surface area (Å²) >= 11 is 0. The van der Waals surface area contributed by atoms with E-state index < -0.39 is 5.97 Å². The van der Waals surface area contributed by atoms with Crippen LogP contribution in [0.3, 0.4) is 0 Å². The predicted molar refractivity (Wildman–Crippen MR) is 56.7 cm³/mol. The summed E-state index contributed by atoms with van der Waals surface area (Å²) in [7, 11) is 0. The van der Waals surface area contributed by atoms with Crippen LogP contribution in [-0.4, -0.2) is 17.0 Å². The zero-order valence-corrected chi connectivity index (χ0v) is 8.49. The number of rotatable bonds is 4. The van der Waals surface area contributed by atoms with Gasteiger partial charge in [-0.15, -0.1) is 0 Å². The molecule has 80 valence electrons. The average molecular weight is 207 g/mol. The molecular weight excluding hydrogens is 194 g/mol. The Morgan fingerprint density at radius 3 is 2.73 bits per heavy atom. The molecule has 0 atom stereocenters. The normalized spacial score (nSPS) is 9.67. The first-order chi connectivity index (χ1) is 7.08. The minimum atomic E-state index is -0.820. The van der Waals surface area contributed by atoms with Gasteiger partial charge in [-0.3, -0.25) is 9.59 Å². The number of carboxylic acid groups (broad SMARTS) is 1. The Bertz CT molecular complexity index is 374. The molecule has 0 heterocycles. The lowest BCUT2D eigenvalue weighted by Crippen LogP contribution is -2.06. The molecule has 0 aliphatic carbocycles. The van der Waals surface area contributed by atoms with Crippen molar-refractivity contribution in [2.45, 2.75) is 19.8 Å². The molecule has 1 rings (SSSR count). The lowest BCUT2D eigenvalue weighted by molar-refractivity contribution is -0.137. The Morgan fingerprint density at radius 2 is 2.13 bits per heavy atom. The molecule has 0 aliphatic rings. The Kier molecular flexibility index (Phi) is 3.85. The highest BCUT2D eigenvalue weighted by Gasteiger charge is 2.00. The van der Waals surface area contributed by atoms with E-state index in [0.717, 1.165) is 5.56 Å². The number of nitrogens with one attached hydrogen (secondary N) is 1. The van der Waals surface area contributed by atoms with Gasteiger partial charge < -0.3 is 10.4 Å². The molecule has 2 N–H and O–H groups in total. The molecule has 0 radical (unpaired) electrons. The van der Waals surface area contributed by atoms with E-state index in [4.69, 9.17) is 5.11 Å². The Labute approximate surface area is 87.9 Å². The molecule has 15 heavy (non-hydrogen) atoms. The van der Waals surface area contributed by atoms with E-state index in [0.29, 0.717) is 12.1 Å². The van der Waals surface area contributed by atoms with Gasteiger partial charge in [0.25, 0.3) is 0 Å². The van der Waals surface area contributed by atoms with E-state index in [1.165, 1.54) is 6.92 Å². The first-order valence-corrected chi connectivity index (χ1v) is 4.66. The van der Waals surface area contributed by atoms with Crippen LogP contribution < -0.4 is 5.32 Å². The molecule has 1 aromatic rings. The van der Waals surface area contributed by atoms with Crippen LogP contribution in [0.15, 0.2) is 24.3 Å². The highest BCUT2D eigenvalue weighted by molar-refractivity contribution is 5.88. The van der Waals surface area contributed by atoms with Gasteiger partial charge in [-0.05, 0) is 24.1 Å². The molecule has 0 aromatic heterocycles. The van der Waals surface area contributed by atoms with E-state index in [1.807, 2.05) is 6.07 Å². The van der Waals surface area contributed by atoms with Gasteiger partial charge in [0.1, 0.15) is 0 Å². The fourth-order valence-electron chi connectivity index (χ4n) is 1.26. The smallest absolute Gasteiger partial charge is 0.303 e.